The van der Waals surface area contributed by atoms with Crippen molar-refractivity contribution >= 4 is 17.3 Å². The number of aliphatic hydroxyl groups excluding tert-OH is 2. The highest BCUT2D eigenvalue weighted by atomic mass is 35.5. The fourth-order valence-electron chi connectivity index (χ4n) is 1.17. The monoisotopic (exact) mass is 243 g/mol. The third-order valence-electron chi connectivity index (χ3n) is 1.97. The Labute approximate surface area is 96.1 Å². The van der Waals surface area contributed by atoms with E-state index in [1.807, 2.05) is 0 Å². The maximum absolute atomic E-state index is 9.74. The molecule has 7 nitrogen and oxygen atoms in total. The van der Waals surface area contributed by atoms with Gasteiger partial charge in [0, 0.05) is 22.4 Å². The second-order valence-electron chi connectivity index (χ2n) is 3.03. The summed E-state index contributed by atoms with van der Waals surface area (Å²) >= 11 is 5.74. The summed E-state index contributed by atoms with van der Waals surface area (Å²) in [7, 11) is 0. The van der Waals surface area contributed by atoms with Gasteiger partial charge in [0.15, 0.2) is 0 Å². The number of nitrogen functional groups attached to an aromatic ring is 1. The van der Waals surface area contributed by atoms with Gasteiger partial charge in [-0.15, -0.1) is 0 Å². The van der Waals surface area contributed by atoms with Crippen molar-refractivity contribution in [3.63, 3.8) is 0 Å². The lowest BCUT2D eigenvalue weighted by atomic mass is 10.1. The van der Waals surface area contributed by atoms with Crippen LogP contribution in [0.5, 0.6) is 0 Å². The summed E-state index contributed by atoms with van der Waals surface area (Å²) in [6.07, 6.45) is -1.24. The molecule has 1 rings (SSSR count). The standard InChI is InChI=1S/C8H10ClN5O2/c9-8-6(4(10)1-2-12-8)7(16)5(15)3-13-14-11/h1-2,5,7,15-16H,3H2,(H2,10,12). The van der Waals surface area contributed by atoms with Crippen LogP contribution in [-0.2, 0) is 0 Å². The first-order valence-corrected chi connectivity index (χ1v) is 4.72. The van der Waals surface area contributed by atoms with Gasteiger partial charge in [-0.05, 0) is 11.6 Å². The average molecular weight is 244 g/mol. The second-order valence-corrected chi connectivity index (χ2v) is 3.39. The molecule has 1 heterocycles. The topological polar surface area (TPSA) is 128 Å². The predicted octanol–water partition coefficient (Wildman–Crippen LogP) is 1.02. The zero-order chi connectivity index (χ0) is 12.1. The lowest BCUT2D eigenvalue weighted by molar-refractivity contribution is 0.0247. The van der Waals surface area contributed by atoms with Crippen molar-refractivity contribution in [2.45, 2.75) is 12.2 Å². The van der Waals surface area contributed by atoms with Crippen molar-refractivity contribution in [1.82, 2.24) is 4.98 Å². The molecule has 1 aromatic rings. The number of hydrogen-bond acceptors (Lipinski definition) is 5. The molecule has 86 valence electrons. The van der Waals surface area contributed by atoms with Crippen LogP contribution in [0.15, 0.2) is 17.4 Å². The SMILES string of the molecule is [N-]=[N+]=NCC(O)C(O)c1c(N)ccnc1Cl. The summed E-state index contributed by atoms with van der Waals surface area (Å²) in [5.41, 5.74) is 14.0. The van der Waals surface area contributed by atoms with E-state index in [9.17, 15) is 10.2 Å². The summed E-state index contributed by atoms with van der Waals surface area (Å²) in [6, 6.07) is 1.45. The molecule has 8 heteroatoms. The minimum absolute atomic E-state index is 0.00693. The van der Waals surface area contributed by atoms with Gasteiger partial charge in [0.05, 0.1) is 12.6 Å². The molecule has 2 atom stereocenters. The smallest absolute Gasteiger partial charge is 0.136 e. The van der Waals surface area contributed by atoms with Crippen molar-refractivity contribution in [2.75, 3.05) is 12.3 Å². The van der Waals surface area contributed by atoms with E-state index < -0.39 is 12.2 Å². The highest BCUT2D eigenvalue weighted by Crippen LogP contribution is 2.28. The van der Waals surface area contributed by atoms with Crippen molar-refractivity contribution in [2.24, 2.45) is 5.11 Å². The molecule has 0 saturated carbocycles. The Hall–Kier alpha value is -1.53. The molecule has 0 aliphatic carbocycles. The van der Waals surface area contributed by atoms with Gasteiger partial charge in [-0.1, -0.05) is 16.7 Å². The molecule has 0 aromatic carbocycles. The molecule has 0 aliphatic rings. The molecular weight excluding hydrogens is 234 g/mol. The number of nitrogens with zero attached hydrogens (tertiary/aromatic N) is 4. The highest BCUT2D eigenvalue weighted by molar-refractivity contribution is 6.30. The van der Waals surface area contributed by atoms with Gasteiger partial charge >= 0.3 is 0 Å². The molecule has 0 radical (unpaired) electrons. The number of hydrogen-bond donors (Lipinski definition) is 3. The van der Waals surface area contributed by atoms with Crippen molar-refractivity contribution in [1.29, 1.82) is 0 Å². The van der Waals surface area contributed by atoms with Gasteiger partial charge in [0.2, 0.25) is 0 Å². The summed E-state index contributed by atoms with van der Waals surface area (Å²) < 4.78 is 0. The number of nitrogens with two attached hydrogens (primary N) is 1. The van der Waals surface area contributed by atoms with Crippen LogP contribution in [-0.4, -0.2) is 27.8 Å². The number of azide groups is 1. The molecule has 0 aliphatic heterocycles. The molecule has 1 aromatic heterocycles. The summed E-state index contributed by atoms with van der Waals surface area (Å²) in [5.74, 6) is 0. The van der Waals surface area contributed by atoms with E-state index >= 15 is 0 Å². The number of rotatable bonds is 4. The molecular formula is C8H10ClN5O2. The average Bonchev–Trinajstić information content (AvgIpc) is 2.25. The maximum atomic E-state index is 9.74. The zero-order valence-corrected chi connectivity index (χ0v) is 8.91. The Bertz CT molecular complexity index is 401. The fraction of sp³-hybridized carbons (Fsp3) is 0.375. The number of aromatic nitrogens is 1. The maximum Gasteiger partial charge on any atom is 0.136 e. The zero-order valence-electron chi connectivity index (χ0n) is 8.16. The summed E-state index contributed by atoms with van der Waals surface area (Å²) in [6.45, 7) is -0.275. The first-order valence-electron chi connectivity index (χ1n) is 4.34. The van der Waals surface area contributed by atoms with E-state index in [0.717, 1.165) is 0 Å². The van der Waals surface area contributed by atoms with Gasteiger partial charge in [-0.3, -0.25) is 0 Å². The Morgan fingerprint density at radius 2 is 2.31 bits per heavy atom. The predicted molar refractivity (Wildman–Crippen MR) is 58.6 cm³/mol. The molecule has 0 fully saturated rings. The quantitative estimate of drug-likeness (QED) is 0.316. The van der Waals surface area contributed by atoms with Gasteiger partial charge in [-0.2, -0.15) is 0 Å². The van der Waals surface area contributed by atoms with Crippen molar-refractivity contribution < 1.29 is 10.2 Å². The van der Waals surface area contributed by atoms with E-state index in [0.29, 0.717) is 0 Å². The van der Waals surface area contributed by atoms with Crippen LogP contribution >= 0.6 is 11.6 Å². The Balaban J connectivity index is 2.95. The van der Waals surface area contributed by atoms with Crippen LogP contribution in [0.3, 0.4) is 0 Å². The van der Waals surface area contributed by atoms with Crippen LogP contribution < -0.4 is 5.73 Å². The molecule has 0 spiro atoms. The summed E-state index contributed by atoms with van der Waals surface area (Å²) in [4.78, 5) is 6.21. The normalized spacial score (nSPS) is 13.9. The van der Waals surface area contributed by atoms with E-state index in [1.165, 1.54) is 12.3 Å². The van der Waals surface area contributed by atoms with Gasteiger partial charge in [-0.25, -0.2) is 4.98 Å². The second kappa shape index (κ2) is 5.53. The Morgan fingerprint density at radius 1 is 1.62 bits per heavy atom. The molecule has 0 amide bonds. The highest BCUT2D eigenvalue weighted by Gasteiger charge is 2.23. The number of anilines is 1. The van der Waals surface area contributed by atoms with Gasteiger partial charge in [0.1, 0.15) is 11.3 Å². The van der Waals surface area contributed by atoms with Gasteiger partial charge in [0.25, 0.3) is 0 Å². The van der Waals surface area contributed by atoms with E-state index in [-0.39, 0.29) is 22.9 Å². The van der Waals surface area contributed by atoms with E-state index in [1.54, 1.807) is 0 Å². The van der Waals surface area contributed by atoms with E-state index in [4.69, 9.17) is 22.9 Å². The summed E-state index contributed by atoms with van der Waals surface area (Å²) in [5, 5.41) is 22.4. The largest absolute Gasteiger partial charge is 0.398 e. The lowest BCUT2D eigenvalue weighted by Gasteiger charge is -2.18. The van der Waals surface area contributed by atoms with Gasteiger partial charge < -0.3 is 15.9 Å². The van der Waals surface area contributed by atoms with Crippen molar-refractivity contribution in [3.05, 3.63) is 33.4 Å². The van der Waals surface area contributed by atoms with Crippen LogP contribution in [0.25, 0.3) is 10.4 Å². The number of pyridine rings is 1. The Kier molecular flexibility index (Phi) is 4.33. The molecule has 16 heavy (non-hydrogen) atoms. The van der Waals surface area contributed by atoms with Crippen LogP contribution in [0.1, 0.15) is 11.7 Å². The molecule has 4 N–H and O–H groups in total. The fourth-order valence-corrected chi connectivity index (χ4v) is 1.44. The lowest BCUT2D eigenvalue weighted by Crippen LogP contribution is -2.22. The Morgan fingerprint density at radius 3 is 2.88 bits per heavy atom. The van der Waals surface area contributed by atoms with Crippen LogP contribution in [0.4, 0.5) is 5.69 Å². The van der Waals surface area contributed by atoms with Crippen LogP contribution in [0, 0.1) is 0 Å². The first-order chi connectivity index (χ1) is 7.57. The van der Waals surface area contributed by atoms with Crippen LogP contribution in [0.2, 0.25) is 5.15 Å². The molecule has 2 unspecified atom stereocenters. The third-order valence-corrected chi connectivity index (χ3v) is 2.27. The van der Waals surface area contributed by atoms with Crippen molar-refractivity contribution in [3.8, 4) is 0 Å². The third kappa shape index (κ3) is 2.74. The first kappa shape index (κ1) is 12.5. The number of aliphatic hydroxyl groups is 2. The molecule has 0 bridgehead atoms. The minimum atomic E-state index is -1.34. The molecule has 0 saturated heterocycles. The number of halogens is 1. The van der Waals surface area contributed by atoms with E-state index in [2.05, 4.69) is 15.0 Å². The minimum Gasteiger partial charge on any atom is -0.398 e.